The molecule has 1 unspecified atom stereocenters. The molecule has 0 aliphatic rings. The Morgan fingerprint density at radius 2 is 1.67 bits per heavy atom. The summed E-state index contributed by atoms with van der Waals surface area (Å²) in [4.78, 5) is 24.3. The molecule has 1 aromatic carbocycles. The van der Waals surface area contributed by atoms with E-state index >= 15 is 0 Å². The SMILES string of the molecule is CC(OC(=O)c1ccccc1)C(=O)C[Si](C)(C)C(C)(C)C. The monoisotopic (exact) mass is 306 g/mol. The molecule has 0 bridgehead atoms. The molecule has 0 heterocycles. The minimum Gasteiger partial charge on any atom is -0.451 e. The third-order valence-electron chi connectivity index (χ3n) is 4.39. The Bertz CT molecular complexity index is 501. The summed E-state index contributed by atoms with van der Waals surface area (Å²) >= 11 is 0. The molecule has 0 aliphatic carbocycles. The number of esters is 1. The minimum absolute atomic E-state index is 0.0193. The molecule has 0 fully saturated rings. The van der Waals surface area contributed by atoms with E-state index in [1.807, 2.05) is 6.07 Å². The number of hydrogen-bond acceptors (Lipinski definition) is 3. The summed E-state index contributed by atoms with van der Waals surface area (Å²) in [6.07, 6.45) is -0.688. The zero-order valence-electron chi connectivity index (χ0n) is 13.9. The highest BCUT2D eigenvalue weighted by Gasteiger charge is 2.38. The van der Waals surface area contributed by atoms with E-state index in [-0.39, 0.29) is 10.8 Å². The van der Waals surface area contributed by atoms with Crippen LogP contribution in [0.25, 0.3) is 0 Å². The van der Waals surface area contributed by atoms with Crippen molar-refractivity contribution in [3.63, 3.8) is 0 Å². The van der Waals surface area contributed by atoms with Gasteiger partial charge < -0.3 is 4.74 Å². The van der Waals surface area contributed by atoms with E-state index in [0.29, 0.717) is 11.6 Å². The van der Waals surface area contributed by atoms with Crippen LogP contribution in [0.4, 0.5) is 0 Å². The first-order chi connectivity index (χ1) is 9.54. The van der Waals surface area contributed by atoms with Crippen LogP contribution < -0.4 is 0 Å². The molecular weight excluding hydrogens is 280 g/mol. The van der Waals surface area contributed by atoms with Gasteiger partial charge in [0.2, 0.25) is 0 Å². The lowest BCUT2D eigenvalue weighted by atomic mass is 10.2. The van der Waals surface area contributed by atoms with Gasteiger partial charge >= 0.3 is 5.97 Å². The Kier molecular flexibility index (Phi) is 5.51. The number of benzene rings is 1. The van der Waals surface area contributed by atoms with E-state index in [2.05, 4.69) is 33.9 Å². The molecule has 0 aliphatic heterocycles. The molecule has 4 heteroatoms. The molecule has 0 aromatic heterocycles. The third-order valence-corrected chi connectivity index (χ3v) is 9.69. The Balaban J connectivity index is 2.66. The molecule has 116 valence electrons. The van der Waals surface area contributed by atoms with Crippen molar-refractivity contribution in [1.29, 1.82) is 0 Å². The fourth-order valence-electron chi connectivity index (χ4n) is 1.71. The van der Waals surface area contributed by atoms with Crippen LogP contribution in [0.5, 0.6) is 0 Å². The minimum atomic E-state index is -1.70. The van der Waals surface area contributed by atoms with E-state index in [1.165, 1.54) is 0 Å². The summed E-state index contributed by atoms with van der Waals surface area (Å²) in [5, 5.41) is 0.145. The number of rotatable bonds is 5. The second-order valence-electron chi connectivity index (χ2n) is 7.19. The molecule has 1 rings (SSSR count). The van der Waals surface area contributed by atoms with Gasteiger partial charge in [-0.2, -0.15) is 0 Å². The van der Waals surface area contributed by atoms with Gasteiger partial charge in [0.05, 0.1) is 13.6 Å². The number of ether oxygens (including phenoxy) is 1. The normalized spacial score (nSPS) is 13.6. The molecule has 0 radical (unpaired) electrons. The Labute approximate surface area is 128 Å². The van der Waals surface area contributed by atoms with Crippen molar-refractivity contribution in [3.05, 3.63) is 35.9 Å². The topological polar surface area (TPSA) is 43.4 Å². The van der Waals surface area contributed by atoms with Gasteiger partial charge in [-0.05, 0) is 24.1 Å². The maximum absolute atomic E-state index is 12.3. The summed E-state index contributed by atoms with van der Waals surface area (Å²) in [5.74, 6) is -0.419. The Hall–Kier alpha value is -1.42. The van der Waals surface area contributed by atoms with Gasteiger partial charge in [0.25, 0.3) is 0 Å². The van der Waals surface area contributed by atoms with Crippen molar-refractivity contribution < 1.29 is 14.3 Å². The van der Waals surface area contributed by atoms with Crippen LogP contribution in [0.1, 0.15) is 38.1 Å². The van der Waals surface area contributed by atoms with Crippen LogP contribution in [0.15, 0.2) is 30.3 Å². The molecule has 3 nitrogen and oxygen atoms in total. The van der Waals surface area contributed by atoms with E-state index in [4.69, 9.17) is 4.74 Å². The van der Waals surface area contributed by atoms with Crippen LogP contribution in [0.3, 0.4) is 0 Å². The maximum atomic E-state index is 12.3. The van der Waals surface area contributed by atoms with Gasteiger partial charge in [-0.25, -0.2) is 4.79 Å². The van der Waals surface area contributed by atoms with Crippen molar-refractivity contribution in [2.75, 3.05) is 0 Å². The molecule has 0 amide bonds. The number of carbonyl (C=O) groups excluding carboxylic acids is 2. The summed E-state index contributed by atoms with van der Waals surface area (Å²) in [6.45, 7) is 12.6. The van der Waals surface area contributed by atoms with Crippen LogP contribution in [-0.2, 0) is 9.53 Å². The highest BCUT2D eigenvalue weighted by atomic mass is 28.3. The molecular formula is C17H26O3Si. The highest BCUT2D eigenvalue weighted by Crippen LogP contribution is 2.38. The van der Waals surface area contributed by atoms with Gasteiger partial charge in [0.15, 0.2) is 11.9 Å². The van der Waals surface area contributed by atoms with E-state index < -0.39 is 20.1 Å². The maximum Gasteiger partial charge on any atom is 0.338 e. The predicted octanol–water partition coefficient (Wildman–Crippen LogP) is 4.31. The Morgan fingerprint density at radius 3 is 2.14 bits per heavy atom. The lowest BCUT2D eigenvalue weighted by molar-refractivity contribution is -0.124. The quantitative estimate of drug-likeness (QED) is 0.601. The van der Waals surface area contributed by atoms with Gasteiger partial charge in [0.1, 0.15) is 0 Å². The van der Waals surface area contributed by atoms with Gasteiger partial charge in [-0.1, -0.05) is 52.1 Å². The summed E-state index contributed by atoms with van der Waals surface area (Å²) < 4.78 is 5.29. The number of ketones is 1. The van der Waals surface area contributed by atoms with Crippen LogP contribution in [-0.4, -0.2) is 25.9 Å². The average Bonchev–Trinajstić information content (AvgIpc) is 2.37. The molecule has 0 spiro atoms. The molecule has 1 aromatic rings. The standard InChI is InChI=1S/C17H26O3Si/c1-13(15(18)12-21(5,6)17(2,3)4)20-16(19)14-10-8-7-9-11-14/h7-11,13H,12H2,1-6H3. The lowest BCUT2D eigenvalue weighted by Crippen LogP contribution is -2.41. The summed E-state index contributed by atoms with van der Waals surface area (Å²) in [7, 11) is -1.70. The van der Waals surface area contributed by atoms with Crippen molar-refractivity contribution in [2.45, 2.75) is 58.0 Å². The van der Waals surface area contributed by atoms with Crippen molar-refractivity contribution in [2.24, 2.45) is 0 Å². The first kappa shape index (κ1) is 17.6. The number of hydrogen-bond donors (Lipinski definition) is 0. The average molecular weight is 306 g/mol. The van der Waals surface area contributed by atoms with E-state index in [9.17, 15) is 9.59 Å². The largest absolute Gasteiger partial charge is 0.451 e. The van der Waals surface area contributed by atoms with Gasteiger partial charge in [-0.15, -0.1) is 0 Å². The van der Waals surface area contributed by atoms with Gasteiger partial charge in [-0.3, -0.25) is 4.79 Å². The number of carbonyl (C=O) groups is 2. The second-order valence-corrected chi connectivity index (χ2v) is 12.8. The van der Waals surface area contributed by atoms with Crippen LogP contribution in [0, 0.1) is 0 Å². The number of Topliss-reactive ketones (excluding diaryl/α,β-unsaturated/α-hetero) is 1. The zero-order valence-corrected chi connectivity index (χ0v) is 14.9. The fourth-order valence-corrected chi connectivity index (χ4v) is 3.40. The fraction of sp³-hybridized carbons (Fsp3) is 0.529. The summed E-state index contributed by atoms with van der Waals surface area (Å²) in [6, 6.07) is 9.29. The highest BCUT2D eigenvalue weighted by molar-refractivity contribution is 6.82. The Morgan fingerprint density at radius 1 is 1.14 bits per heavy atom. The predicted molar refractivity (Wildman–Crippen MR) is 88.3 cm³/mol. The molecule has 1 atom stereocenters. The second kappa shape index (κ2) is 6.56. The van der Waals surface area contributed by atoms with Crippen molar-refractivity contribution in [1.82, 2.24) is 0 Å². The molecule has 0 saturated heterocycles. The molecule has 0 saturated carbocycles. The van der Waals surface area contributed by atoms with Crippen LogP contribution in [0.2, 0.25) is 24.2 Å². The molecule has 0 N–H and O–H groups in total. The first-order valence-electron chi connectivity index (χ1n) is 7.33. The summed E-state index contributed by atoms with van der Waals surface area (Å²) in [5.41, 5.74) is 0.476. The molecule has 21 heavy (non-hydrogen) atoms. The first-order valence-corrected chi connectivity index (χ1v) is 10.5. The van der Waals surface area contributed by atoms with Crippen molar-refractivity contribution >= 4 is 19.8 Å². The van der Waals surface area contributed by atoms with Gasteiger partial charge in [0, 0.05) is 6.04 Å². The van der Waals surface area contributed by atoms with Crippen LogP contribution >= 0.6 is 0 Å². The third kappa shape index (κ3) is 4.81. The lowest BCUT2D eigenvalue weighted by Gasteiger charge is -2.36. The van der Waals surface area contributed by atoms with E-state index in [1.54, 1.807) is 31.2 Å². The smallest absolute Gasteiger partial charge is 0.338 e. The zero-order chi connectivity index (χ0) is 16.3. The van der Waals surface area contributed by atoms with E-state index in [0.717, 1.165) is 0 Å². The van der Waals surface area contributed by atoms with Crippen molar-refractivity contribution in [3.8, 4) is 0 Å².